The summed E-state index contributed by atoms with van der Waals surface area (Å²) in [6.45, 7) is 0. The fraction of sp³-hybridized carbons (Fsp3) is 0. The van der Waals surface area contributed by atoms with Crippen LogP contribution < -0.4 is 0 Å². The molecule has 0 bridgehead atoms. The first-order valence-corrected chi connectivity index (χ1v) is 4.66. The first kappa shape index (κ1) is 14.2. The molecule has 0 amide bonds. The third-order valence-corrected chi connectivity index (χ3v) is 2.23. The number of aromatic nitrogens is 2. The minimum Gasteiger partial charge on any atom is -0.203 e. The summed E-state index contributed by atoms with van der Waals surface area (Å²) in [4.78, 5) is 4.76. The van der Waals surface area contributed by atoms with Gasteiger partial charge in [-0.1, -0.05) is 0 Å². The maximum atomic E-state index is 13.3. The summed E-state index contributed by atoms with van der Waals surface area (Å²) in [5.74, 6) is -16.6. The van der Waals surface area contributed by atoms with E-state index in [2.05, 4.69) is 9.97 Å². The highest BCUT2D eigenvalue weighted by Crippen LogP contribution is 2.32. The van der Waals surface area contributed by atoms with Gasteiger partial charge in [-0.2, -0.15) is 23.1 Å². The molecule has 0 atom stereocenters. The Balaban J connectivity index is 2.91. The van der Waals surface area contributed by atoms with Gasteiger partial charge in [-0.3, -0.25) is 0 Å². The number of hydrogen-bond donors (Lipinski definition) is 0. The molecule has 0 aliphatic heterocycles. The number of benzene rings is 1. The van der Waals surface area contributed by atoms with Gasteiger partial charge in [-0.25, -0.2) is 22.0 Å². The van der Waals surface area contributed by atoms with Gasteiger partial charge in [0, 0.05) is 0 Å². The standard InChI is InChI=1S/C10F8N2/c11-2-1(3(12)5(14)6(15)4(2)13)8-7(16)9(17)20-10(18)19-8. The van der Waals surface area contributed by atoms with E-state index in [1.165, 1.54) is 0 Å². The molecule has 1 aromatic heterocycles. The molecule has 0 saturated carbocycles. The zero-order chi connectivity index (χ0) is 15.2. The summed E-state index contributed by atoms with van der Waals surface area (Å²) in [7, 11) is 0. The van der Waals surface area contributed by atoms with Crippen LogP contribution in [-0.4, -0.2) is 9.97 Å². The van der Waals surface area contributed by atoms with Crippen LogP contribution in [0.5, 0.6) is 0 Å². The van der Waals surface area contributed by atoms with Crippen LogP contribution in [0.3, 0.4) is 0 Å². The Labute approximate surface area is 104 Å². The second-order valence-corrected chi connectivity index (χ2v) is 3.39. The van der Waals surface area contributed by atoms with Crippen LogP contribution in [0.15, 0.2) is 0 Å². The van der Waals surface area contributed by atoms with E-state index in [1.54, 1.807) is 0 Å². The Morgan fingerprint density at radius 3 is 1.45 bits per heavy atom. The third-order valence-electron chi connectivity index (χ3n) is 2.23. The zero-order valence-corrected chi connectivity index (χ0v) is 8.92. The summed E-state index contributed by atoms with van der Waals surface area (Å²) < 4.78 is 104. The molecule has 0 aliphatic carbocycles. The van der Waals surface area contributed by atoms with Crippen molar-refractivity contribution in [2.24, 2.45) is 0 Å². The molecule has 1 aromatic carbocycles. The molecule has 0 spiro atoms. The van der Waals surface area contributed by atoms with Gasteiger partial charge >= 0.3 is 6.08 Å². The van der Waals surface area contributed by atoms with Crippen LogP contribution in [0, 0.1) is 46.9 Å². The summed E-state index contributed by atoms with van der Waals surface area (Å²) in [5.41, 5.74) is -3.61. The molecule has 2 aromatic rings. The predicted molar refractivity (Wildman–Crippen MR) is 47.1 cm³/mol. The molecule has 1 heterocycles. The molecule has 0 N–H and O–H groups in total. The molecule has 0 unspecified atom stereocenters. The third kappa shape index (κ3) is 1.96. The van der Waals surface area contributed by atoms with E-state index in [9.17, 15) is 35.1 Å². The van der Waals surface area contributed by atoms with E-state index < -0.39 is 58.2 Å². The van der Waals surface area contributed by atoms with Crippen molar-refractivity contribution in [2.75, 3.05) is 0 Å². The molecular weight excluding hydrogens is 300 g/mol. The Bertz CT molecular complexity index is 686. The normalized spacial score (nSPS) is 11.0. The quantitative estimate of drug-likeness (QED) is 0.266. The number of hydrogen-bond acceptors (Lipinski definition) is 2. The Kier molecular flexibility index (Phi) is 3.32. The van der Waals surface area contributed by atoms with Crippen LogP contribution in [0.4, 0.5) is 35.1 Å². The largest absolute Gasteiger partial charge is 0.312 e. The van der Waals surface area contributed by atoms with Gasteiger partial charge in [0.2, 0.25) is 11.6 Å². The van der Waals surface area contributed by atoms with Crippen molar-refractivity contribution in [3.05, 3.63) is 46.9 Å². The van der Waals surface area contributed by atoms with Crippen molar-refractivity contribution in [3.8, 4) is 11.3 Å². The van der Waals surface area contributed by atoms with E-state index in [-0.39, 0.29) is 0 Å². The van der Waals surface area contributed by atoms with Crippen molar-refractivity contribution in [1.29, 1.82) is 0 Å². The lowest BCUT2D eigenvalue weighted by atomic mass is 10.1. The second kappa shape index (κ2) is 4.69. The molecule has 0 saturated heterocycles. The van der Waals surface area contributed by atoms with Gasteiger partial charge in [0.25, 0.3) is 5.95 Å². The van der Waals surface area contributed by atoms with Crippen molar-refractivity contribution < 1.29 is 35.1 Å². The van der Waals surface area contributed by atoms with Gasteiger partial charge in [0.1, 0.15) is 5.69 Å². The first-order chi connectivity index (χ1) is 9.25. The van der Waals surface area contributed by atoms with Crippen LogP contribution >= 0.6 is 0 Å². The Morgan fingerprint density at radius 2 is 0.950 bits per heavy atom. The molecule has 20 heavy (non-hydrogen) atoms. The van der Waals surface area contributed by atoms with E-state index >= 15 is 0 Å². The van der Waals surface area contributed by atoms with Crippen molar-refractivity contribution in [3.63, 3.8) is 0 Å². The number of halogens is 8. The fourth-order valence-electron chi connectivity index (χ4n) is 1.37. The van der Waals surface area contributed by atoms with Gasteiger partial charge in [-0.05, 0) is 0 Å². The smallest absolute Gasteiger partial charge is 0.203 e. The molecule has 0 fully saturated rings. The summed E-state index contributed by atoms with van der Waals surface area (Å²) in [6.07, 6.45) is -1.94. The van der Waals surface area contributed by atoms with Crippen molar-refractivity contribution in [1.82, 2.24) is 9.97 Å². The van der Waals surface area contributed by atoms with Gasteiger partial charge in [0.15, 0.2) is 23.3 Å². The lowest BCUT2D eigenvalue weighted by Crippen LogP contribution is -2.09. The Hall–Kier alpha value is -2.26. The number of nitrogens with zero attached hydrogens (tertiary/aromatic N) is 2. The van der Waals surface area contributed by atoms with Crippen molar-refractivity contribution in [2.45, 2.75) is 0 Å². The maximum absolute atomic E-state index is 13.3. The summed E-state index contributed by atoms with van der Waals surface area (Å²) in [6, 6.07) is 0. The molecule has 10 heteroatoms. The molecular formula is C10F8N2. The van der Waals surface area contributed by atoms with Gasteiger partial charge in [0.05, 0.1) is 5.56 Å². The predicted octanol–water partition coefficient (Wildman–Crippen LogP) is 3.26. The van der Waals surface area contributed by atoms with Crippen LogP contribution in [0.2, 0.25) is 0 Å². The van der Waals surface area contributed by atoms with Gasteiger partial charge in [-0.15, -0.1) is 0 Å². The van der Waals surface area contributed by atoms with E-state index in [0.29, 0.717) is 0 Å². The highest BCUT2D eigenvalue weighted by atomic mass is 19.2. The van der Waals surface area contributed by atoms with E-state index in [0.717, 1.165) is 0 Å². The SMILES string of the molecule is Fc1nc(F)c(F)c(-c2c(F)c(F)c(F)c(F)c2F)n1. The highest BCUT2D eigenvalue weighted by molar-refractivity contribution is 5.61. The van der Waals surface area contributed by atoms with Crippen LogP contribution in [0.25, 0.3) is 11.3 Å². The zero-order valence-electron chi connectivity index (χ0n) is 8.92. The number of rotatable bonds is 1. The summed E-state index contributed by atoms with van der Waals surface area (Å²) in [5, 5.41) is 0. The van der Waals surface area contributed by atoms with E-state index in [4.69, 9.17) is 0 Å². The lowest BCUT2D eigenvalue weighted by molar-refractivity contribution is 0.378. The first-order valence-electron chi connectivity index (χ1n) is 4.66. The van der Waals surface area contributed by atoms with Crippen LogP contribution in [-0.2, 0) is 0 Å². The Morgan fingerprint density at radius 1 is 0.500 bits per heavy atom. The minimum atomic E-state index is -2.50. The average molecular weight is 300 g/mol. The molecule has 0 aliphatic rings. The minimum absolute atomic E-state index is 1.72. The monoisotopic (exact) mass is 300 g/mol. The average Bonchev–Trinajstić information content (AvgIpc) is 2.39. The fourth-order valence-corrected chi connectivity index (χ4v) is 1.37. The topological polar surface area (TPSA) is 25.8 Å². The summed E-state index contributed by atoms with van der Waals surface area (Å²) >= 11 is 0. The molecule has 2 nitrogen and oxygen atoms in total. The van der Waals surface area contributed by atoms with Crippen molar-refractivity contribution >= 4 is 0 Å². The maximum Gasteiger partial charge on any atom is 0.312 e. The highest BCUT2D eigenvalue weighted by Gasteiger charge is 2.30. The lowest BCUT2D eigenvalue weighted by Gasteiger charge is -2.08. The molecule has 106 valence electrons. The molecule has 2 rings (SSSR count). The van der Waals surface area contributed by atoms with Crippen LogP contribution in [0.1, 0.15) is 0 Å². The van der Waals surface area contributed by atoms with E-state index in [1.807, 2.05) is 0 Å². The second-order valence-electron chi connectivity index (χ2n) is 3.39. The molecule has 0 radical (unpaired) electrons. The van der Waals surface area contributed by atoms with Gasteiger partial charge < -0.3 is 0 Å².